The third kappa shape index (κ3) is 4.76. The van der Waals surface area contributed by atoms with Crippen molar-refractivity contribution in [1.29, 1.82) is 0 Å². The summed E-state index contributed by atoms with van der Waals surface area (Å²) in [6.07, 6.45) is 3.64. The molecule has 0 unspecified atom stereocenters. The van der Waals surface area contributed by atoms with Gasteiger partial charge < -0.3 is 15.1 Å². The maximum atomic E-state index is 13.2. The van der Waals surface area contributed by atoms with Gasteiger partial charge in [-0.1, -0.05) is 36.4 Å². The minimum atomic E-state index is -0.520. The van der Waals surface area contributed by atoms with Gasteiger partial charge in [0.1, 0.15) is 6.54 Å². The number of anilines is 1. The van der Waals surface area contributed by atoms with Gasteiger partial charge in [0, 0.05) is 44.6 Å². The molecule has 3 aromatic rings. The molecule has 198 valence electrons. The number of carbonyl (C=O) groups excluding carboxylic acids is 2. The lowest BCUT2D eigenvalue weighted by molar-refractivity contribution is -0.133. The highest BCUT2D eigenvalue weighted by Gasteiger charge is 2.31. The monoisotopic (exact) mass is 515 g/mol. The van der Waals surface area contributed by atoms with Crippen LogP contribution in [0, 0.1) is 13.8 Å². The summed E-state index contributed by atoms with van der Waals surface area (Å²) in [6, 6.07) is 13.5. The molecule has 3 amide bonds. The zero-order valence-corrected chi connectivity index (χ0v) is 22.1. The predicted molar refractivity (Wildman–Crippen MR) is 146 cm³/mol. The van der Waals surface area contributed by atoms with Crippen LogP contribution in [0.4, 0.5) is 10.5 Å². The molecule has 3 heterocycles. The van der Waals surface area contributed by atoms with E-state index in [1.807, 2.05) is 61.2 Å². The number of hydrogen-bond acceptors (Lipinski definition) is 4. The fraction of sp³-hybridized carbons (Fsp3) is 0.379. The zero-order chi connectivity index (χ0) is 27.0. The Balaban J connectivity index is 1.28. The van der Waals surface area contributed by atoms with Crippen molar-refractivity contribution in [1.82, 2.24) is 18.9 Å². The number of likely N-dealkylation sites (tertiary alicyclic amines) is 1. The number of hydrogen-bond donors (Lipinski definition) is 1. The molecule has 9 nitrogen and oxygen atoms in total. The quantitative estimate of drug-likeness (QED) is 0.578. The molecule has 9 heteroatoms. The molecule has 38 heavy (non-hydrogen) atoms. The number of aromatic nitrogens is 2. The van der Waals surface area contributed by atoms with Crippen molar-refractivity contribution >= 4 is 17.6 Å². The molecule has 0 bridgehead atoms. The van der Waals surface area contributed by atoms with E-state index in [2.05, 4.69) is 5.32 Å². The average molecular weight is 516 g/mol. The summed E-state index contributed by atoms with van der Waals surface area (Å²) in [4.78, 5) is 55.5. The summed E-state index contributed by atoms with van der Waals surface area (Å²) >= 11 is 0. The van der Waals surface area contributed by atoms with Crippen LogP contribution in [-0.4, -0.2) is 56.5 Å². The van der Waals surface area contributed by atoms with Crippen molar-refractivity contribution in [2.45, 2.75) is 45.7 Å². The number of carbonyl (C=O) groups is 2. The number of nitrogens with zero attached hydrogens (tertiary/aromatic N) is 4. The third-order valence-corrected chi connectivity index (χ3v) is 7.95. The summed E-state index contributed by atoms with van der Waals surface area (Å²) in [6.45, 7) is 5.42. The minimum Gasteiger partial charge on any atom is -0.341 e. The van der Waals surface area contributed by atoms with Crippen LogP contribution in [0.5, 0.6) is 0 Å². The topological polar surface area (TPSA) is 96.7 Å². The maximum absolute atomic E-state index is 13.2. The molecule has 2 aromatic carbocycles. The van der Waals surface area contributed by atoms with Crippen LogP contribution in [0.15, 0.2) is 58.3 Å². The SMILES string of the molecule is Cc1cccc(-c2cn(CC(=O)N3CCC(N4CCc5ccccc5NC4=O)CC3)c(=O)n(C)c2=O)c1C. The normalized spacial score (nSPS) is 16.1. The fourth-order valence-electron chi connectivity index (χ4n) is 5.48. The van der Waals surface area contributed by atoms with Crippen molar-refractivity contribution in [2.24, 2.45) is 7.05 Å². The molecule has 0 atom stereocenters. The van der Waals surface area contributed by atoms with Crippen LogP contribution >= 0.6 is 0 Å². The Morgan fingerprint density at radius 2 is 1.68 bits per heavy atom. The van der Waals surface area contributed by atoms with Gasteiger partial charge in [-0.3, -0.25) is 18.7 Å². The largest absolute Gasteiger partial charge is 0.341 e. The van der Waals surface area contributed by atoms with Crippen LogP contribution in [0.2, 0.25) is 0 Å². The Bertz CT molecular complexity index is 1510. The van der Waals surface area contributed by atoms with Crippen molar-refractivity contribution in [3.63, 3.8) is 0 Å². The summed E-state index contributed by atoms with van der Waals surface area (Å²) in [5, 5.41) is 3.02. The van der Waals surface area contributed by atoms with E-state index in [1.165, 1.54) is 17.8 Å². The second-order valence-corrected chi connectivity index (χ2v) is 10.2. The summed E-state index contributed by atoms with van der Waals surface area (Å²) in [5.41, 5.74) is 4.24. The van der Waals surface area contributed by atoms with E-state index in [9.17, 15) is 19.2 Å². The Morgan fingerprint density at radius 3 is 2.45 bits per heavy atom. The highest BCUT2D eigenvalue weighted by Crippen LogP contribution is 2.25. The van der Waals surface area contributed by atoms with Crippen molar-refractivity contribution in [3.8, 4) is 11.1 Å². The first-order chi connectivity index (χ1) is 18.2. The summed E-state index contributed by atoms with van der Waals surface area (Å²) in [7, 11) is 1.44. The molecular weight excluding hydrogens is 482 g/mol. The number of urea groups is 1. The lowest BCUT2D eigenvalue weighted by Gasteiger charge is -2.38. The number of aryl methyl sites for hydroxylation is 1. The fourth-order valence-corrected chi connectivity index (χ4v) is 5.48. The van der Waals surface area contributed by atoms with E-state index in [1.54, 1.807) is 4.90 Å². The smallest absolute Gasteiger partial charge is 0.331 e. The van der Waals surface area contributed by atoms with Gasteiger partial charge in [0.2, 0.25) is 5.91 Å². The maximum Gasteiger partial charge on any atom is 0.331 e. The van der Waals surface area contributed by atoms with E-state index in [-0.39, 0.29) is 30.1 Å². The lowest BCUT2D eigenvalue weighted by Crippen LogP contribution is -2.51. The molecule has 1 N–H and O–H groups in total. The Labute approximate surface area is 221 Å². The minimum absolute atomic E-state index is 0.0459. The number of para-hydroxylation sites is 1. The lowest BCUT2D eigenvalue weighted by atomic mass is 9.99. The number of piperidine rings is 1. The molecular formula is C29H33N5O4. The number of rotatable bonds is 4. The van der Waals surface area contributed by atoms with Gasteiger partial charge in [-0.15, -0.1) is 0 Å². The van der Waals surface area contributed by atoms with Gasteiger partial charge in [0.15, 0.2) is 0 Å². The molecule has 1 fully saturated rings. The van der Waals surface area contributed by atoms with Gasteiger partial charge in [-0.25, -0.2) is 9.59 Å². The van der Waals surface area contributed by atoms with Crippen molar-refractivity contribution < 1.29 is 9.59 Å². The first-order valence-corrected chi connectivity index (χ1v) is 13.0. The number of nitrogens with one attached hydrogen (secondary N) is 1. The van der Waals surface area contributed by atoms with E-state index >= 15 is 0 Å². The van der Waals surface area contributed by atoms with Gasteiger partial charge in [0.25, 0.3) is 5.56 Å². The predicted octanol–water partition coefficient (Wildman–Crippen LogP) is 2.91. The van der Waals surface area contributed by atoms with Crippen LogP contribution in [0.1, 0.15) is 29.5 Å². The van der Waals surface area contributed by atoms with E-state index < -0.39 is 5.69 Å². The van der Waals surface area contributed by atoms with Crippen LogP contribution < -0.4 is 16.6 Å². The van der Waals surface area contributed by atoms with Gasteiger partial charge in [-0.05, 0) is 61.4 Å². The first-order valence-electron chi connectivity index (χ1n) is 13.0. The highest BCUT2D eigenvalue weighted by atomic mass is 16.2. The standard InChI is InChI=1S/C29H33N5O4/c1-19-7-6-9-23(20(19)2)24-17-33(29(38)31(3)27(24)36)18-26(35)32-14-12-22(13-15-32)34-16-11-21-8-4-5-10-25(21)30-28(34)37/h4-10,17,22H,11-16,18H2,1-3H3,(H,30,37). The Kier molecular flexibility index (Phi) is 6.93. The van der Waals surface area contributed by atoms with Gasteiger partial charge in [-0.2, -0.15) is 0 Å². The third-order valence-electron chi connectivity index (χ3n) is 7.95. The average Bonchev–Trinajstić information content (AvgIpc) is 3.09. The second kappa shape index (κ2) is 10.3. The number of fused-ring (bicyclic) bond motifs is 1. The van der Waals surface area contributed by atoms with Crippen LogP contribution in [0.3, 0.4) is 0 Å². The molecule has 0 aliphatic carbocycles. The Morgan fingerprint density at radius 1 is 0.947 bits per heavy atom. The Hall–Kier alpha value is -4.14. The van der Waals surface area contributed by atoms with Gasteiger partial charge >= 0.3 is 11.7 Å². The molecule has 5 rings (SSSR count). The van der Waals surface area contributed by atoms with Gasteiger partial charge in [0.05, 0.1) is 5.56 Å². The first kappa shape index (κ1) is 25.5. The van der Waals surface area contributed by atoms with E-state index in [0.717, 1.165) is 38.9 Å². The van der Waals surface area contributed by atoms with Crippen molar-refractivity contribution in [2.75, 3.05) is 25.0 Å². The number of benzene rings is 2. The second-order valence-electron chi connectivity index (χ2n) is 10.2. The van der Waals surface area contributed by atoms with E-state index in [4.69, 9.17) is 0 Å². The van der Waals surface area contributed by atoms with E-state index in [0.29, 0.717) is 38.0 Å². The molecule has 1 aromatic heterocycles. The molecule has 0 radical (unpaired) electrons. The molecule has 0 saturated carbocycles. The molecule has 2 aliphatic rings. The molecule has 2 aliphatic heterocycles. The highest BCUT2D eigenvalue weighted by molar-refractivity contribution is 5.91. The van der Waals surface area contributed by atoms with Crippen molar-refractivity contribution in [3.05, 3.63) is 86.2 Å². The molecule has 0 spiro atoms. The zero-order valence-electron chi connectivity index (χ0n) is 22.1. The summed E-state index contributed by atoms with van der Waals surface area (Å²) in [5.74, 6) is -0.177. The van der Waals surface area contributed by atoms with Crippen LogP contribution in [0.25, 0.3) is 11.1 Å². The number of amides is 3. The van der Waals surface area contributed by atoms with Crippen LogP contribution in [-0.2, 0) is 24.8 Å². The molecule has 1 saturated heterocycles. The summed E-state index contributed by atoms with van der Waals surface area (Å²) < 4.78 is 2.39.